The molecular formula is C21H41IN6O2. The van der Waals surface area contributed by atoms with Crippen LogP contribution in [-0.4, -0.2) is 111 Å². The lowest BCUT2D eigenvalue weighted by Gasteiger charge is -2.45. The number of carbonyl (C=O) groups excluding carboxylic acids is 1. The molecular weight excluding hydrogens is 495 g/mol. The zero-order valence-corrected chi connectivity index (χ0v) is 21.3. The third kappa shape index (κ3) is 6.93. The number of aliphatic imine (C=N–C) groups is 1. The zero-order chi connectivity index (χ0) is 20.7. The van der Waals surface area contributed by atoms with Gasteiger partial charge in [-0.05, 0) is 52.6 Å². The highest BCUT2D eigenvalue weighted by atomic mass is 127. The first-order valence-corrected chi connectivity index (χ1v) is 11.3. The fourth-order valence-electron chi connectivity index (χ4n) is 4.81. The molecule has 9 heteroatoms. The molecule has 0 aliphatic carbocycles. The second-order valence-corrected chi connectivity index (χ2v) is 8.92. The molecule has 8 nitrogen and oxygen atoms in total. The normalized spacial score (nSPS) is 23.3. The van der Waals surface area contributed by atoms with Crippen molar-refractivity contribution in [1.29, 1.82) is 0 Å². The number of rotatable bonds is 6. The number of likely N-dealkylation sites (tertiary alicyclic amines) is 1. The number of hydrogen-bond donors (Lipinski definition) is 2. The van der Waals surface area contributed by atoms with Crippen LogP contribution in [0.4, 0.5) is 0 Å². The minimum atomic E-state index is 0. The molecule has 174 valence electrons. The number of halogens is 1. The van der Waals surface area contributed by atoms with E-state index in [4.69, 9.17) is 4.74 Å². The summed E-state index contributed by atoms with van der Waals surface area (Å²) >= 11 is 0. The van der Waals surface area contributed by atoms with Crippen molar-refractivity contribution in [2.45, 2.75) is 51.1 Å². The van der Waals surface area contributed by atoms with Gasteiger partial charge in [-0.15, -0.1) is 24.0 Å². The second-order valence-electron chi connectivity index (χ2n) is 8.92. The molecule has 2 N–H and O–H groups in total. The summed E-state index contributed by atoms with van der Waals surface area (Å²) in [6, 6.07) is 0.194. The fraction of sp³-hybridized carbons (Fsp3) is 0.905. The van der Waals surface area contributed by atoms with Crippen LogP contribution in [0.5, 0.6) is 0 Å². The van der Waals surface area contributed by atoms with E-state index in [2.05, 4.69) is 30.3 Å². The van der Waals surface area contributed by atoms with Crippen LogP contribution in [-0.2, 0) is 9.53 Å². The van der Waals surface area contributed by atoms with Crippen molar-refractivity contribution < 1.29 is 9.53 Å². The van der Waals surface area contributed by atoms with Crippen LogP contribution < -0.4 is 10.6 Å². The summed E-state index contributed by atoms with van der Waals surface area (Å²) in [6.07, 6.45) is 4.80. The van der Waals surface area contributed by atoms with E-state index in [1.54, 1.807) is 0 Å². The number of carbonyl (C=O) groups is 1. The predicted molar refractivity (Wildman–Crippen MR) is 132 cm³/mol. The van der Waals surface area contributed by atoms with E-state index in [1.807, 2.05) is 20.9 Å². The minimum absolute atomic E-state index is 0. The van der Waals surface area contributed by atoms with Crippen LogP contribution in [0.15, 0.2) is 4.99 Å². The van der Waals surface area contributed by atoms with Crippen LogP contribution in [0.2, 0.25) is 0 Å². The van der Waals surface area contributed by atoms with E-state index < -0.39 is 0 Å². The van der Waals surface area contributed by atoms with Crippen molar-refractivity contribution in [1.82, 2.24) is 25.3 Å². The Bertz CT molecular complexity index is 554. The van der Waals surface area contributed by atoms with Crippen LogP contribution in [0.25, 0.3) is 0 Å². The van der Waals surface area contributed by atoms with E-state index in [0.717, 1.165) is 64.7 Å². The Morgan fingerprint density at radius 2 is 1.70 bits per heavy atom. The highest BCUT2D eigenvalue weighted by molar-refractivity contribution is 14.0. The lowest BCUT2D eigenvalue weighted by atomic mass is 9.88. The van der Waals surface area contributed by atoms with Crippen LogP contribution >= 0.6 is 24.0 Å². The Kier molecular flexibility index (Phi) is 10.6. The van der Waals surface area contributed by atoms with Crippen molar-refractivity contribution in [2.24, 2.45) is 4.99 Å². The van der Waals surface area contributed by atoms with Crippen LogP contribution in [0.3, 0.4) is 0 Å². The average Bonchev–Trinajstić information content (AvgIpc) is 3.25. The van der Waals surface area contributed by atoms with E-state index in [0.29, 0.717) is 6.54 Å². The van der Waals surface area contributed by atoms with Gasteiger partial charge in [0.15, 0.2) is 5.96 Å². The lowest BCUT2D eigenvalue weighted by molar-refractivity contribution is -0.123. The number of amides is 1. The fourth-order valence-corrected chi connectivity index (χ4v) is 4.81. The Labute approximate surface area is 199 Å². The van der Waals surface area contributed by atoms with Crippen molar-refractivity contribution in [2.75, 3.05) is 72.6 Å². The smallest absolute Gasteiger partial charge is 0.234 e. The summed E-state index contributed by atoms with van der Waals surface area (Å²) in [4.78, 5) is 23.8. The Hall–Kier alpha value is -0.650. The van der Waals surface area contributed by atoms with Gasteiger partial charge in [0, 0.05) is 64.6 Å². The number of piperazine rings is 1. The third-order valence-electron chi connectivity index (χ3n) is 6.48. The van der Waals surface area contributed by atoms with E-state index in [1.165, 1.54) is 25.9 Å². The highest BCUT2D eigenvalue weighted by Crippen LogP contribution is 2.30. The van der Waals surface area contributed by atoms with Crippen molar-refractivity contribution in [3.63, 3.8) is 0 Å². The summed E-state index contributed by atoms with van der Waals surface area (Å²) in [6.45, 7) is 13.1. The van der Waals surface area contributed by atoms with E-state index >= 15 is 0 Å². The largest absolute Gasteiger partial charge is 0.381 e. The molecule has 3 aliphatic rings. The molecule has 0 saturated carbocycles. The van der Waals surface area contributed by atoms with Gasteiger partial charge in [-0.25, -0.2) is 0 Å². The molecule has 3 fully saturated rings. The van der Waals surface area contributed by atoms with Gasteiger partial charge in [-0.1, -0.05) is 0 Å². The Balaban J connectivity index is 0.00000320. The number of ether oxygens (including phenoxy) is 1. The Morgan fingerprint density at radius 3 is 2.27 bits per heavy atom. The topological polar surface area (TPSA) is 72.4 Å². The molecule has 0 aromatic rings. The number of guanidine groups is 1. The van der Waals surface area contributed by atoms with Gasteiger partial charge in [0.1, 0.15) is 0 Å². The summed E-state index contributed by atoms with van der Waals surface area (Å²) in [5.74, 6) is 1.10. The maximum Gasteiger partial charge on any atom is 0.234 e. The van der Waals surface area contributed by atoms with E-state index in [9.17, 15) is 4.79 Å². The summed E-state index contributed by atoms with van der Waals surface area (Å²) in [5.41, 5.74) is 0.196. The monoisotopic (exact) mass is 536 g/mol. The standard InChI is InChI=1S/C21H40N6O2.HI/c1-18(2)24-19(28)16-25-10-12-26(13-11-25)20(22-3)23-17-21(6-14-29-15-7-21)27-8-4-5-9-27;/h18H,4-17H2,1-3H3,(H,22,23)(H,24,28);1H. The molecule has 3 saturated heterocycles. The molecule has 0 unspecified atom stereocenters. The molecule has 0 radical (unpaired) electrons. The SMILES string of the molecule is CN=C(NCC1(N2CCCC2)CCOCC1)N1CCN(CC(=O)NC(C)C)CC1.I. The molecule has 30 heavy (non-hydrogen) atoms. The average molecular weight is 537 g/mol. The molecule has 3 rings (SSSR count). The number of nitrogens with zero attached hydrogens (tertiary/aromatic N) is 4. The first-order valence-electron chi connectivity index (χ1n) is 11.3. The van der Waals surface area contributed by atoms with Crippen molar-refractivity contribution in [3.05, 3.63) is 0 Å². The van der Waals surface area contributed by atoms with Gasteiger partial charge in [-0.3, -0.25) is 19.6 Å². The lowest BCUT2D eigenvalue weighted by Crippen LogP contribution is -2.60. The maximum atomic E-state index is 12.0. The highest BCUT2D eigenvalue weighted by Gasteiger charge is 2.40. The zero-order valence-electron chi connectivity index (χ0n) is 19.0. The van der Waals surface area contributed by atoms with Gasteiger partial charge < -0.3 is 20.3 Å². The summed E-state index contributed by atoms with van der Waals surface area (Å²) in [5, 5.41) is 6.67. The summed E-state index contributed by atoms with van der Waals surface area (Å²) in [7, 11) is 1.87. The molecule has 0 bridgehead atoms. The predicted octanol–water partition coefficient (Wildman–Crippen LogP) is 0.967. The molecule has 3 heterocycles. The van der Waals surface area contributed by atoms with Crippen LogP contribution in [0, 0.1) is 0 Å². The van der Waals surface area contributed by atoms with Gasteiger partial charge in [0.2, 0.25) is 5.91 Å². The van der Waals surface area contributed by atoms with Crippen molar-refractivity contribution >= 4 is 35.8 Å². The third-order valence-corrected chi connectivity index (χ3v) is 6.48. The first-order chi connectivity index (χ1) is 14.0. The molecule has 0 aromatic heterocycles. The molecule has 0 atom stereocenters. The van der Waals surface area contributed by atoms with Gasteiger partial charge >= 0.3 is 0 Å². The maximum absolute atomic E-state index is 12.0. The summed E-state index contributed by atoms with van der Waals surface area (Å²) < 4.78 is 5.67. The number of nitrogens with one attached hydrogen (secondary N) is 2. The molecule has 3 aliphatic heterocycles. The van der Waals surface area contributed by atoms with Crippen LogP contribution in [0.1, 0.15) is 39.5 Å². The molecule has 1 amide bonds. The van der Waals surface area contributed by atoms with Gasteiger partial charge in [0.05, 0.1) is 6.54 Å². The van der Waals surface area contributed by atoms with Gasteiger partial charge in [-0.2, -0.15) is 0 Å². The quantitative estimate of drug-likeness (QED) is 0.300. The molecule has 0 spiro atoms. The van der Waals surface area contributed by atoms with Crippen molar-refractivity contribution in [3.8, 4) is 0 Å². The second kappa shape index (κ2) is 12.4. The Morgan fingerprint density at radius 1 is 1.07 bits per heavy atom. The molecule has 0 aromatic carbocycles. The first kappa shape index (κ1) is 25.6. The minimum Gasteiger partial charge on any atom is -0.381 e. The van der Waals surface area contributed by atoms with E-state index in [-0.39, 0.29) is 41.5 Å². The van der Waals surface area contributed by atoms with Gasteiger partial charge in [0.25, 0.3) is 0 Å². The number of hydrogen-bond acceptors (Lipinski definition) is 5.